The van der Waals surface area contributed by atoms with E-state index in [0.29, 0.717) is 12.1 Å². The zero-order chi connectivity index (χ0) is 13.9. The molecular formula is C16H22FNO. The Labute approximate surface area is 114 Å². The van der Waals surface area contributed by atoms with Crippen LogP contribution in [0.5, 0.6) is 0 Å². The monoisotopic (exact) mass is 263 g/mol. The van der Waals surface area contributed by atoms with E-state index in [0.717, 1.165) is 44.1 Å². The molecule has 1 aromatic rings. The minimum Gasteiger partial charge on any atom is -0.329 e. The first-order chi connectivity index (χ1) is 9.09. The van der Waals surface area contributed by atoms with Crippen LogP contribution in [0.25, 0.3) is 0 Å². The SMILES string of the molecule is Cc1ccc(F)cc1C(=O)C1(CN)CCCCCC1. The molecule has 19 heavy (non-hydrogen) atoms. The fourth-order valence-electron chi connectivity index (χ4n) is 3.05. The van der Waals surface area contributed by atoms with Crippen molar-refractivity contribution in [2.24, 2.45) is 11.1 Å². The molecule has 1 aliphatic carbocycles. The van der Waals surface area contributed by atoms with Crippen molar-refractivity contribution in [1.82, 2.24) is 0 Å². The predicted molar refractivity (Wildman–Crippen MR) is 74.7 cm³/mol. The molecular weight excluding hydrogens is 241 g/mol. The Balaban J connectivity index is 2.36. The standard InChI is InChI=1S/C16H22FNO/c1-12-6-7-13(17)10-14(12)15(19)16(11-18)8-4-2-3-5-9-16/h6-7,10H,2-5,8-9,11,18H2,1H3. The minimum absolute atomic E-state index is 0.0360. The lowest BCUT2D eigenvalue weighted by molar-refractivity contribution is 0.0773. The van der Waals surface area contributed by atoms with Crippen LogP contribution < -0.4 is 5.73 Å². The molecule has 0 atom stereocenters. The van der Waals surface area contributed by atoms with E-state index in [1.807, 2.05) is 6.92 Å². The smallest absolute Gasteiger partial charge is 0.170 e. The molecule has 0 aromatic heterocycles. The third-order valence-corrected chi connectivity index (χ3v) is 4.38. The van der Waals surface area contributed by atoms with E-state index in [-0.39, 0.29) is 11.6 Å². The molecule has 0 bridgehead atoms. The van der Waals surface area contributed by atoms with Crippen LogP contribution in [-0.4, -0.2) is 12.3 Å². The van der Waals surface area contributed by atoms with E-state index in [4.69, 9.17) is 5.73 Å². The molecule has 2 nitrogen and oxygen atoms in total. The first kappa shape index (κ1) is 14.2. The van der Waals surface area contributed by atoms with Crippen LogP contribution in [0.3, 0.4) is 0 Å². The summed E-state index contributed by atoms with van der Waals surface area (Å²) in [7, 11) is 0. The lowest BCUT2D eigenvalue weighted by Gasteiger charge is -2.30. The van der Waals surface area contributed by atoms with Gasteiger partial charge in [0.1, 0.15) is 5.82 Å². The molecule has 104 valence electrons. The third-order valence-electron chi connectivity index (χ3n) is 4.38. The van der Waals surface area contributed by atoms with Gasteiger partial charge < -0.3 is 5.73 Å². The fraction of sp³-hybridized carbons (Fsp3) is 0.562. The first-order valence-corrected chi connectivity index (χ1v) is 7.10. The summed E-state index contributed by atoms with van der Waals surface area (Å²) < 4.78 is 13.4. The molecule has 0 radical (unpaired) electrons. The van der Waals surface area contributed by atoms with Crippen LogP contribution in [0.4, 0.5) is 4.39 Å². The number of carbonyl (C=O) groups is 1. The highest BCUT2D eigenvalue weighted by Gasteiger charge is 2.38. The van der Waals surface area contributed by atoms with Crippen molar-refractivity contribution >= 4 is 5.78 Å². The lowest BCUT2D eigenvalue weighted by Crippen LogP contribution is -2.38. The number of hydrogen-bond donors (Lipinski definition) is 1. The van der Waals surface area contributed by atoms with Crippen LogP contribution in [0, 0.1) is 18.2 Å². The van der Waals surface area contributed by atoms with Crippen molar-refractivity contribution < 1.29 is 9.18 Å². The Kier molecular flexibility index (Phi) is 4.35. The number of nitrogens with two attached hydrogens (primary N) is 1. The molecule has 0 heterocycles. The lowest BCUT2D eigenvalue weighted by atomic mass is 9.73. The number of ketones is 1. The second-order valence-electron chi connectivity index (χ2n) is 5.69. The molecule has 3 heteroatoms. The van der Waals surface area contributed by atoms with E-state index < -0.39 is 5.41 Å². The molecule has 1 saturated carbocycles. The Morgan fingerprint density at radius 2 is 1.89 bits per heavy atom. The second-order valence-corrected chi connectivity index (χ2v) is 5.69. The highest BCUT2D eigenvalue weighted by Crippen LogP contribution is 2.37. The normalized spacial score (nSPS) is 18.9. The van der Waals surface area contributed by atoms with Crippen molar-refractivity contribution in [2.45, 2.75) is 45.4 Å². The molecule has 0 amide bonds. The molecule has 1 aromatic carbocycles. The van der Waals surface area contributed by atoms with Crippen LogP contribution in [0.15, 0.2) is 18.2 Å². The van der Waals surface area contributed by atoms with Gasteiger partial charge in [-0.15, -0.1) is 0 Å². The molecule has 1 aliphatic rings. The van der Waals surface area contributed by atoms with E-state index in [9.17, 15) is 9.18 Å². The summed E-state index contributed by atoms with van der Waals surface area (Å²) in [6.07, 6.45) is 6.07. The van der Waals surface area contributed by atoms with E-state index in [1.165, 1.54) is 12.1 Å². The topological polar surface area (TPSA) is 43.1 Å². The van der Waals surface area contributed by atoms with Gasteiger partial charge in [-0.3, -0.25) is 4.79 Å². The molecule has 0 unspecified atom stereocenters. The molecule has 2 rings (SSSR count). The molecule has 0 saturated heterocycles. The average Bonchev–Trinajstić information content (AvgIpc) is 2.67. The van der Waals surface area contributed by atoms with Crippen molar-refractivity contribution in [3.8, 4) is 0 Å². The number of hydrogen-bond acceptors (Lipinski definition) is 2. The maximum atomic E-state index is 13.4. The van der Waals surface area contributed by atoms with Crippen molar-refractivity contribution in [2.75, 3.05) is 6.54 Å². The number of halogens is 1. The quantitative estimate of drug-likeness (QED) is 0.668. The molecule has 0 aliphatic heterocycles. The van der Waals surface area contributed by atoms with Crippen molar-refractivity contribution in [3.63, 3.8) is 0 Å². The summed E-state index contributed by atoms with van der Waals surface area (Å²) in [5.74, 6) is -0.316. The largest absolute Gasteiger partial charge is 0.329 e. The van der Waals surface area contributed by atoms with Gasteiger partial charge in [-0.25, -0.2) is 4.39 Å². The van der Waals surface area contributed by atoms with Crippen LogP contribution in [-0.2, 0) is 0 Å². The third kappa shape index (κ3) is 2.86. The van der Waals surface area contributed by atoms with Gasteiger partial charge in [0, 0.05) is 17.5 Å². The molecule has 0 spiro atoms. The van der Waals surface area contributed by atoms with Gasteiger partial charge in [0.15, 0.2) is 5.78 Å². The Morgan fingerprint density at radius 1 is 1.26 bits per heavy atom. The summed E-state index contributed by atoms with van der Waals surface area (Å²) in [4.78, 5) is 12.8. The zero-order valence-corrected chi connectivity index (χ0v) is 11.5. The maximum absolute atomic E-state index is 13.4. The van der Waals surface area contributed by atoms with Crippen LogP contribution >= 0.6 is 0 Å². The fourth-order valence-corrected chi connectivity index (χ4v) is 3.05. The number of aryl methyl sites for hydroxylation is 1. The number of rotatable bonds is 3. The van der Waals surface area contributed by atoms with Gasteiger partial charge in [-0.2, -0.15) is 0 Å². The highest BCUT2D eigenvalue weighted by molar-refractivity contribution is 6.01. The van der Waals surface area contributed by atoms with E-state index in [2.05, 4.69) is 0 Å². The molecule has 2 N–H and O–H groups in total. The van der Waals surface area contributed by atoms with Gasteiger partial charge in [0.25, 0.3) is 0 Å². The zero-order valence-electron chi connectivity index (χ0n) is 11.5. The van der Waals surface area contributed by atoms with Crippen molar-refractivity contribution in [3.05, 3.63) is 35.1 Å². The average molecular weight is 263 g/mol. The van der Waals surface area contributed by atoms with Crippen molar-refractivity contribution in [1.29, 1.82) is 0 Å². The Bertz CT molecular complexity index is 462. The van der Waals surface area contributed by atoms with E-state index >= 15 is 0 Å². The summed E-state index contributed by atoms with van der Waals surface area (Å²) in [6, 6.07) is 4.43. The number of Topliss-reactive ketones (excluding diaryl/α,β-unsaturated/α-hetero) is 1. The number of carbonyl (C=O) groups excluding carboxylic acids is 1. The maximum Gasteiger partial charge on any atom is 0.170 e. The summed E-state index contributed by atoms with van der Waals surface area (Å²) in [6.45, 7) is 2.22. The predicted octanol–water partition coefficient (Wildman–Crippen LogP) is 3.62. The first-order valence-electron chi connectivity index (χ1n) is 7.10. The van der Waals surface area contributed by atoms with E-state index in [1.54, 1.807) is 6.07 Å². The van der Waals surface area contributed by atoms with Gasteiger partial charge in [0.2, 0.25) is 0 Å². The van der Waals surface area contributed by atoms with Gasteiger partial charge in [-0.1, -0.05) is 31.7 Å². The van der Waals surface area contributed by atoms with Crippen LogP contribution in [0.2, 0.25) is 0 Å². The van der Waals surface area contributed by atoms with Gasteiger partial charge in [0.05, 0.1) is 0 Å². The van der Waals surface area contributed by atoms with Gasteiger partial charge in [-0.05, 0) is 37.5 Å². The van der Waals surface area contributed by atoms with Gasteiger partial charge >= 0.3 is 0 Å². The summed E-state index contributed by atoms with van der Waals surface area (Å²) >= 11 is 0. The summed E-state index contributed by atoms with van der Waals surface area (Å²) in [5.41, 5.74) is 6.79. The molecule has 1 fully saturated rings. The Morgan fingerprint density at radius 3 is 2.47 bits per heavy atom. The number of benzene rings is 1. The second kappa shape index (κ2) is 5.83. The summed E-state index contributed by atoms with van der Waals surface area (Å²) in [5, 5.41) is 0. The minimum atomic E-state index is -0.477. The Hall–Kier alpha value is -1.22. The highest BCUT2D eigenvalue weighted by atomic mass is 19.1. The van der Waals surface area contributed by atoms with Crippen LogP contribution in [0.1, 0.15) is 54.4 Å².